The zero-order valence-corrected chi connectivity index (χ0v) is 16.9. The lowest BCUT2D eigenvalue weighted by Gasteiger charge is -2.35. The highest BCUT2D eigenvalue weighted by atomic mass is 32.1. The summed E-state index contributed by atoms with van der Waals surface area (Å²) in [5.41, 5.74) is 3.12. The summed E-state index contributed by atoms with van der Waals surface area (Å²) in [5.74, 6) is -0.00330. The van der Waals surface area contributed by atoms with Gasteiger partial charge in [0.1, 0.15) is 4.88 Å². The van der Waals surface area contributed by atoms with E-state index in [-0.39, 0.29) is 17.5 Å². The molecule has 28 heavy (non-hydrogen) atoms. The minimum Gasteiger partial charge on any atom is -0.377 e. The fourth-order valence-electron chi connectivity index (χ4n) is 4.22. The van der Waals surface area contributed by atoms with Crippen molar-refractivity contribution in [1.29, 1.82) is 0 Å². The van der Waals surface area contributed by atoms with E-state index in [2.05, 4.69) is 39.6 Å². The van der Waals surface area contributed by atoms with Crippen molar-refractivity contribution >= 4 is 33.3 Å². The lowest BCUT2D eigenvalue weighted by molar-refractivity contribution is 0.0900. The van der Waals surface area contributed by atoms with Crippen molar-refractivity contribution in [2.45, 2.75) is 38.3 Å². The van der Waals surface area contributed by atoms with E-state index in [1.807, 2.05) is 19.9 Å². The zero-order valence-electron chi connectivity index (χ0n) is 16.1. The maximum absolute atomic E-state index is 12.5. The van der Waals surface area contributed by atoms with Crippen LogP contribution < -0.4 is 10.2 Å². The van der Waals surface area contributed by atoms with Gasteiger partial charge in [-0.15, -0.1) is 0 Å². The molecule has 2 N–H and O–H groups in total. The molecular weight excluding hydrogens is 372 g/mol. The summed E-state index contributed by atoms with van der Waals surface area (Å²) >= 11 is 1.51. The molecule has 6 nitrogen and oxygen atoms in total. The molecule has 1 fully saturated rings. The molecule has 3 aromatic rings. The molecule has 0 bridgehead atoms. The number of ether oxygens (including phenoxy) is 1. The van der Waals surface area contributed by atoms with Crippen molar-refractivity contribution in [3.8, 4) is 0 Å². The Labute approximate surface area is 167 Å². The van der Waals surface area contributed by atoms with Gasteiger partial charge >= 0.3 is 0 Å². The molecule has 0 aliphatic carbocycles. The highest BCUT2D eigenvalue weighted by Crippen LogP contribution is 2.34. The Kier molecular flexibility index (Phi) is 4.17. The van der Waals surface area contributed by atoms with Crippen LogP contribution in [0.2, 0.25) is 0 Å². The number of fused-ring (bicyclic) bond motifs is 2. The number of carbonyl (C=O) groups is 1. The number of para-hydroxylation sites is 1. The number of hydrogen-bond donors (Lipinski definition) is 2. The van der Waals surface area contributed by atoms with E-state index in [9.17, 15) is 4.79 Å². The van der Waals surface area contributed by atoms with Gasteiger partial charge in [-0.3, -0.25) is 4.79 Å². The number of aromatic nitrogens is 2. The summed E-state index contributed by atoms with van der Waals surface area (Å²) < 4.78 is 5.80. The first-order valence-corrected chi connectivity index (χ1v) is 10.5. The molecule has 0 radical (unpaired) electrons. The Hall–Kier alpha value is -2.38. The standard InChI is InChI=1S/C21H24N4O2S/c1-21(2)10-17-18(19(26)24-21)28-20(23-17)25-7-8-27-12-14(25)9-13-11-22-16-6-4-3-5-15(13)16/h3-6,11,14,22H,7-10,12H2,1-2H3,(H,24,26)/t14-/m0/s1. The zero-order chi connectivity index (χ0) is 19.3. The molecule has 0 saturated carbocycles. The number of nitrogens with zero attached hydrogens (tertiary/aromatic N) is 2. The van der Waals surface area contributed by atoms with Crippen LogP contribution >= 0.6 is 11.3 Å². The predicted octanol–water partition coefficient (Wildman–Crippen LogP) is 3.14. The van der Waals surface area contributed by atoms with E-state index < -0.39 is 0 Å². The van der Waals surface area contributed by atoms with Crippen LogP contribution in [0.4, 0.5) is 5.13 Å². The average molecular weight is 397 g/mol. The number of H-pyrrole nitrogens is 1. The molecule has 0 spiro atoms. The Morgan fingerprint density at radius 1 is 1.36 bits per heavy atom. The van der Waals surface area contributed by atoms with Crippen LogP contribution in [0.3, 0.4) is 0 Å². The summed E-state index contributed by atoms with van der Waals surface area (Å²) in [6, 6.07) is 8.58. The number of anilines is 1. The molecule has 1 saturated heterocycles. The number of amides is 1. The summed E-state index contributed by atoms with van der Waals surface area (Å²) in [5, 5.41) is 5.27. The Morgan fingerprint density at radius 2 is 2.21 bits per heavy atom. The van der Waals surface area contributed by atoms with E-state index in [1.165, 1.54) is 22.3 Å². The molecule has 1 amide bonds. The van der Waals surface area contributed by atoms with Crippen molar-refractivity contribution in [2.24, 2.45) is 0 Å². The lowest BCUT2D eigenvalue weighted by Crippen LogP contribution is -2.48. The smallest absolute Gasteiger partial charge is 0.263 e. The summed E-state index contributed by atoms with van der Waals surface area (Å²) in [6.07, 6.45) is 3.74. The number of morpholine rings is 1. The van der Waals surface area contributed by atoms with Crippen molar-refractivity contribution in [3.63, 3.8) is 0 Å². The number of benzene rings is 1. The van der Waals surface area contributed by atoms with Crippen molar-refractivity contribution in [2.75, 3.05) is 24.7 Å². The quantitative estimate of drug-likeness (QED) is 0.714. The molecule has 1 atom stereocenters. The number of carbonyl (C=O) groups excluding carboxylic acids is 1. The first kappa shape index (κ1) is 17.7. The van der Waals surface area contributed by atoms with E-state index in [0.717, 1.165) is 40.6 Å². The lowest BCUT2D eigenvalue weighted by atomic mass is 9.94. The summed E-state index contributed by atoms with van der Waals surface area (Å²) in [4.78, 5) is 23.8. The Morgan fingerprint density at radius 3 is 3.11 bits per heavy atom. The second-order valence-corrected chi connectivity index (χ2v) is 9.25. The predicted molar refractivity (Wildman–Crippen MR) is 111 cm³/mol. The number of aromatic amines is 1. The van der Waals surface area contributed by atoms with Gasteiger partial charge in [0.2, 0.25) is 0 Å². The maximum atomic E-state index is 12.5. The molecule has 2 aliphatic rings. The van der Waals surface area contributed by atoms with Gasteiger partial charge in [-0.1, -0.05) is 29.5 Å². The van der Waals surface area contributed by atoms with Crippen LogP contribution in [0.1, 0.15) is 34.8 Å². The van der Waals surface area contributed by atoms with E-state index in [4.69, 9.17) is 9.72 Å². The fraction of sp³-hybridized carbons (Fsp3) is 0.429. The Balaban J connectivity index is 1.45. The molecule has 0 unspecified atom stereocenters. The maximum Gasteiger partial charge on any atom is 0.263 e. The molecule has 5 rings (SSSR count). The van der Waals surface area contributed by atoms with Gasteiger partial charge in [-0.2, -0.15) is 0 Å². The van der Waals surface area contributed by atoms with E-state index in [1.54, 1.807) is 0 Å². The van der Waals surface area contributed by atoms with Gasteiger partial charge in [-0.05, 0) is 31.9 Å². The molecule has 146 valence electrons. The van der Waals surface area contributed by atoms with Crippen LogP contribution in [0.5, 0.6) is 0 Å². The van der Waals surface area contributed by atoms with Gasteiger partial charge < -0.3 is 19.9 Å². The van der Waals surface area contributed by atoms with Gasteiger partial charge in [0.25, 0.3) is 5.91 Å². The van der Waals surface area contributed by atoms with Gasteiger partial charge in [0.15, 0.2) is 5.13 Å². The molecular formula is C21H24N4O2S. The second kappa shape index (κ2) is 6.60. The monoisotopic (exact) mass is 396 g/mol. The number of thiazole rings is 1. The highest BCUT2D eigenvalue weighted by Gasteiger charge is 2.35. The highest BCUT2D eigenvalue weighted by molar-refractivity contribution is 7.17. The number of rotatable bonds is 3. The minimum atomic E-state index is -0.246. The molecule has 2 aliphatic heterocycles. The largest absolute Gasteiger partial charge is 0.377 e. The molecule has 4 heterocycles. The summed E-state index contributed by atoms with van der Waals surface area (Å²) in [6.45, 7) is 6.24. The van der Waals surface area contributed by atoms with Crippen LogP contribution in [0, 0.1) is 0 Å². The van der Waals surface area contributed by atoms with Crippen LogP contribution in [-0.4, -0.2) is 47.2 Å². The van der Waals surface area contributed by atoms with E-state index >= 15 is 0 Å². The second-order valence-electron chi connectivity index (χ2n) is 8.27. The third-order valence-corrected chi connectivity index (χ3v) is 6.69. The normalized spacial score (nSPS) is 21.6. The van der Waals surface area contributed by atoms with Crippen LogP contribution in [0.25, 0.3) is 10.9 Å². The topological polar surface area (TPSA) is 70.2 Å². The SMILES string of the molecule is CC1(C)Cc2nc(N3CCOC[C@@H]3Cc3c[nH]c4ccccc34)sc2C(=O)N1. The van der Waals surface area contributed by atoms with Gasteiger partial charge in [0, 0.05) is 35.6 Å². The summed E-state index contributed by atoms with van der Waals surface area (Å²) in [7, 11) is 0. The minimum absolute atomic E-state index is 0.00330. The molecule has 1 aromatic carbocycles. The molecule has 2 aromatic heterocycles. The number of hydrogen-bond acceptors (Lipinski definition) is 5. The Bertz CT molecular complexity index is 1040. The third-order valence-electron chi connectivity index (χ3n) is 5.56. The van der Waals surface area contributed by atoms with Crippen molar-refractivity contribution < 1.29 is 9.53 Å². The van der Waals surface area contributed by atoms with Crippen molar-refractivity contribution in [1.82, 2.24) is 15.3 Å². The van der Waals surface area contributed by atoms with Crippen LogP contribution in [-0.2, 0) is 17.6 Å². The first-order chi connectivity index (χ1) is 13.5. The fourth-order valence-corrected chi connectivity index (χ4v) is 5.29. The number of nitrogens with one attached hydrogen (secondary N) is 2. The van der Waals surface area contributed by atoms with Crippen molar-refractivity contribution in [3.05, 3.63) is 46.6 Å². The molecule has 7 heteroatoms. The third kappa shape index (κ3) is 3.08. The first-order valence-electron chi connectivity index (χ1n) is 9.72. The van der Waals surface area contributed by atoms with E-state index in [0.29, 0.717) is 13.2 Å². The average Bonchev–Trinajstić information content (AvgIpc) is 3.26. The van der Waals surface area contributed by atoms with Gasteiger partial charge in [0.05, 0.1) is 24.9 Å². The van der Waals surface area contributed by atoms with Crippen LogP contribution in [0.15, 0.2) is 30.5 Å². The van der Waals surface area contributed by atoms with Gasteiger partial charge in [-0.25, -0.2) is 4.98 Å².